The molecular formula is C15H21N3O. The summed E-state index contributed by atoms with van der Waals surface area (Å²) in [6.45, 7) is 0. The fourth-order valence-electron chi connectivity index (χ4n) is 5.11. The second-order valence-electron chi connectivity index (χ2n) is 7.00. The summed E-state index contributed by atoms with van der Waals surface area (Å²) < 4.78 is 0. The first-order chi connectivity index (χ1) is 9.12. The molecule has 4 heteroatoms. The van der Waals surface area contributed by atoms with Crippen molar-refractivity contribution < 1.29 is 4.79 Å². The van der Waals surface area contributed by atoms with E-state index in [2.05, 4.69) is 10.3 Å². The Morgan fingerprint density at radius 1 is 1.21 bits per heavy atom. The maximum Gasteiger partial charge on any atom is 0.268 e. The van der Waals surface area contributed by atoms with E-state index in [0.717, 1.165) is 17.8 Å². The molecule has 1 aromatic rings. The molecule has 0 unspecified atom stereocenters. The quantitative estimate of drug-likeness (QED) is 0.762. The molecular weight excluding hydrogens is 238 g/mol. The number of hydrogen-bond donors (Lipinski definition) is 3. The molecule has 1 amide bonds. The van der Waals surface area contributed by atoms with Gasteiger partial charge in [-0.3, -0.25) is 4.79 Å². The third-order valence-electron chi connectivity index (χ3n) is 5.37. The standard InChI is InChI=1S/C15H21N3O/c16-12-4-13(17-8-12)14(19)18-15-5-9-1-10(6-15)3-11(2-9)7-15/h4,8-11,17H,1-3,5-7,16H2,(H,18,19). The van der Waals surface area contributed by atoms with Crippen molar-refractivity contribution in [1.82, 2.24) is 10.3 Å². The summed E-state index contributed by atoms with van der Waals surface area (Å²) in [6.07, 6.45) is 9.40. The van der Waals surface area contributed by atoms with Gasteiger partial charge in [0.05, 0.1) is 0 Å². The van der Waals surface area contributed by atoms with Crippen LogP contribution in [0.5, 0.6) is 0 Å². The first-order valence-electron chi connectivity index (χ1n) is 7.38. The van der Waals surface area contributed by atoms with Crippen molar-refractivity contribution in [2.75, 3.05) is 5.73 Å². The molecule has 19 heavy (non-hydrogen) atoms. The Morgan fingerprint density at radius 2 is 1.79 bits per heavy atom. The fraction of sp³-hybridized carbons (Fsp3) is 0.667. The summed E-state index contributed by atoms with van der Waals surface area (Å²) in [5, 5.41) is 3.33. The molecule has 4 saturated carbocycles. The molecule has 4 nitrogen and oxygen atoms in total. The number of hydrogen-bond acceptors (Lipinski definition) is 2. The highest BCUT2D eigenvalue weighted by molar-refractivity contribution is 5.93. The van der Waals surface area contributed by atoms with Crippen LogP contribution in [-0.2, 0) is 0 Å². The van der Waals surface area contributed by atoms with Crippen LogP contribution >= 0.6 is 0 Å². The molecule has 1 aromatic heterocycles. The summed E-state index contributed by atoms with van der Waals surface area (Å²) in [7, 11) is 0. The van der Waals surface area contributed by atoms with Gasteiger partial charge in [-0.1, -0.05) is 0 Å². The van der Waals surface area contributed by atoms with Crippen molar-refractivity contribution in [2.24, 2.45) is 17.8 Å². The van der Waals surface area contributed by atoms with Crippen LogP contribution in [0.4, 0.5) is 5.69 Å². The normalized spacial score (nSPS) is 39.5. The number of aromatic nitrogens is 1. The van der Waals surface area contributed by atoms with Crippen molar-refractivity contribution in [1.29, 1.82) is 0 Å². The Balaban J connectivity index is 1.54. The highest BCUT2D eigenvalue weighted by Crippen LogP contribution is 2.55. The fourth-order valence-corrected chi connectivity index (χ4v) is 5.11. The molecule has 4 bridgehead atoms. The first kappa shape index (κ1) is 11.4. The van der Waals surface area contributed by atoms with Crippen LogP contribution in [0.2, 0.25) is 0 Å². The van der Waals surface area contributed by atoms with Gasteiger partial charge in [-0.15, -0.1) is 0 Å². The Hall–Kier alpha value is -1.45. The number of carbonyl (C=O) groups excluding carboxylic acids is 1. The molecule has 4 fully saturated rings. The minimum Gasteiger partial charge on any atom is -0.397 e. The Labute approximate surface area is 113 Å². The van der Waals surface area contributed by atoms with Gasteiger partial charge in [-0.2, -0.15) is 0 Å². The predicted molar refractivity (Wildman–Crippen MR) is 73.6 cm³/mol. The second-order valence-corrected chi connectivity index (χ2v) is 7.00. The molecule has 0 aliphatic heterocycles. The maximum atomic E-state index is 12.3. The van der Waals surface area contributed by atoms with Crippen molar-refractivity contribution >= 4 is 11.6 Å². The Kier molecular flexibility index (Phi) is 2.26. The number of rotatable bonds is 2. The van der Waals surface area contributed by atoms with Crippen molar-refractivity contribution in [3.8, 4) is 0 Å². The van der Waals surface area contributed by atoms with E-state index >= 15 is 0 Å². The predicted octanol–water partition coefficient (Wildman–Crippen LogP) is 2.30. The zero-order valence-corrected chi connectivity index (χ0v) is 11.1. The zero-order valence-electron chi connectivity index (χ0n) is 11.1. The van der Waals surface area contributed by atoms with E-state index in [9.17, 15) is 4.79 Å². The van der Waals surface area contributed by atoms with E-state index in [4.69, 9.17) is 5.73 Å². The molecule has 1 heterocycles. The minimum absolute atomic E-state index is 0.0126. The van der Waals surface area contributed by atoms with E-state index in [1.165, 1.54) is 38.5 Å². The van der Waals surface area contributed by atoms with Crippen LogP contribution in [0.3, 0.4) is 0 Å². The summed E-state index contributed by atoms with van der Waals surface area (Å²) in [6, 6.07) is 1.72. The third kappa shape index (κ3) is 1.85. The summed E-state index contributed by atoms with van der Waals surface area (Å²) in [5.74, 6) is 2.56. The first-order valence-corrected chi connectivity index (χ1v) is 7.38. The number of amides is 1. The van der Waals surface area contributed by atoms with Crippen molar-refractivity contribution in [2.45, 2.75) is 44.1 Å². The molecule has 0 radical (unpaired) electrons. The van der Waals surface area contributed by atoms with Gasteiger partial charge in [-0.05, 0) is 62.3 Å². The SMILES string of the molecule is Nc1c[nH]c(C(=O)NC23CC4CC(CC(C4)C2)C3)c1. The summed E-state index contributed by atoms with van der Waals surface area (Å²) >= 11 is 0. The monoisotopic (exact) mass is 259 g/mol. The molecule has 0 saturated heterocycles. The van der Waals surface area contributed by atoms with Crippen LogP contribution in [0.1, 0.15) is 49.0 Å². The molecule has 4 aliphatic carbocycles. The number of carbonyl (C=O) groups is 1. The van der Waals surface area contributed by atoms with Gasteiger partial charge in [0.1, 0.15) is 5.69 Å². The number of nitrogen functional groups attached to an aromatic ring is 1. The van der Waals surface area contributed by atoms with Gasteiger partial charge in [-0.25, -0.2) is 0 Å². The number of nitrogens with one attached hydrogen (secondary N) is 2. The van der Waals surface area contributed by atoms with Crippen LogP contribution in [0, 0.1) is 17.8 Å². The van der Waals surface area contributed by atoms with Gasteiger partial charge < -0.3 is 16.0 Å². The van der Waals surface area contributed by atoms with Gasteiger partial charge in [0.2, 0.25) is 0 Å². The van der Waals surface area contributed by atoms with Crippen LogP contribution in [0.15, 0.2) is 12.3 Å². The topological polar surface area (TPSA) is 70.9 Å². The highest BCUT2D eigenvalue weighted by atomic mass is 16.2. The number of aromatic amines is 1. The summed E-state index contributed by atoms with van der Waals surface area (Å²) in [5.41, 5.74) is 6.95. The van der Waals surface area contributed by atoms with Crippen molar-refractivity contribution in [3.63, 3.8) is 0 Å². The van der Waals surface area contributed by atoms with E-state index in [1.807, 2.05) is 0 Å². The van der Waals surface area contributed by atoms with Gasteiger partial charge >= 0.3 is 0 Å². The molecule has 102 valence electrons. The van der Waals surface area contributed by atoms with E-state index < -0.39 is 0 Å². The van der Waals surface area contributed by atoms with E-state index in [1.54, 1.807) is 12.3 Å². The van der Waals surface area contributed by atoms with Gasteiger partial charge in [0, 0.05) is 17.4 Å². The molecule has 0 aromatic carbocycles. The molecule has 4 aliphatic rings. The molecule has 5 rings (SSSR count). The average molecular weight is 259 g/mol. The van der Waals surface area contributed by atoms with Crippen molar-refractivity contribution in [3.05, 3.63) is 18.0 Å². The van der Waals surface area contributed by atoms with Gasteiger partial charge in [0.15, 0.2) is 0 Å². The lowest BCUT2D eigenvalue weighted by Gasteiger charge is -2.56. The van der Waals surface area contributed by atoms with E-state index in [0.29, 0.717) is 11.4 Å². The van der Waals surface area contributed by atoms with Crippen LogP contribution < -0.4 is 11.1 Å². The lowest BCUT2D eigenvalue weighted by atomic mass is 9.53. The van der Waals surface area contributed by atoms with Gasteiger partial charge in [0.25, 0.3) is 5.91 Å². The van der Waals surface area contributed by atoms with E-state index in [-0.39, 0.29) is 11.4 Å². The molecule has 4 N–H and O–H groups in total. The minimum atomic E-state index is 0.0126. The van der Waals surface area contributed by atoms with Crippen LogP contribution in [0.25, 0.3) is 0 Å². The summed E-state index contributed by atoms with van der Waals surface area (Å²) in [4.78, 5) is 15.3. The lowest BCUT2D eigenvalue weighted by Crippen LogP contribution is -2.59. The Bertz CT molecular complexity index is 484. The molecule has 0 atom stereocenters. The number of anilines is 1. The highest BCUT2D eigenvalue weighted by Gasteiger charge is 2.51. The number of H-pyrrole nitrogens is 1. The second kappa shape index (κ2) is 3.78. The zero-order chi connectivity index (χ0) is 13.0. The number of nitrogens with two attached hydrogens (primary N) is 1. The average Bonchev–Trinajstić information content (AvgIpc) is 2.73. The largest absolute Gasteiger partial charge is 0.397 e. The third-order valence-corrected chi connectivity index (χ3v) is 5.37. The molecule has 0 spiro atoms. The smallest absolute Gasteiger partial charge is 0.268 e. The lowest BCUT2D eigenvalue weighted by molar-refractivity contribution is -0.0167. The Morgan fingerprint density at radius 3 is 2.26 bits per heavy atom. The van der Waals surface area contributed by atoms with Crippen LogP contribution in [-0.4, -0.2) is 16.4 Å². The maximum absolute atomic E-state index is 12.3.